The highest BCUT2D eigenvalue weighted by Crippen LogP contribution is 2.28. The summed E-state index contributed by atoms with van der Waals surface area (Å²) in [6.45, 7) is 5.02. The summed E-state index contributed by atoms with van der Waals surface area (Å²) in [6, 6.07) is 0. The van der Waals surface area contributed by atoms with Gasteiger partial charge in [0.1, 0.15) is 5.41 Å². The highest BCUT2D eigenvalue weighted by molar-refractivity contribution is 5.78. The first-order chi connectivity index (χ1) is 8.66. The molecule has 2 aliphatic heterocycles. The van der Waals surface area contributed by atoms with Crippen LogP contribution in [0.25, 0.3) is 0 Å². The van der Waals surface area contributed by atoms with E-state index in [2.05, 4.69) is 17.3 Å². The smallest absolute Gasteiger partial charge is 0.317 e. The summed E-state index contributed by atoms with van der Waals surface area (Å²) in [5.41, 5.74) is -0.429. The van der Waals surface area contributed by atoms with Crippen molar-refractivity contribution in [2.75, 3.05) is 53.6 Å². The first-order valence-electron chi connectivity index (χ1n) is 6.72. The number of hydrogen-bond acceptors (Lipinski definition) is 5. The number of likely N-dealkylation sites (tertiary alicyclic amines) is 1. The number of carbonyl (C=O) groups excluding carboxylic acids is 1. The van der Waals surface area contributed by atoms with Crippen LogP contribution in [0.2, 0.25) is 0 Å². The standard InChI is InChI=1S/C13H24N2O3/c1-15-6-4-11(7-15)3-5-14-8-13(9-18-10-13)12(16)17-2/h11,14H,3-10H2,1-2H3. The van der Waals surface area contributed by atoms with Gasteiger partial charge in [0, 0.05) is 13.1 Å². The SMILES string of the molecule is COC(=O)C1(CNCCC2CCN(C)C2)COC1. The Morgan fingerprint density at radius 1 is 1.56 bits per heavy atom. The van der Waals surface area contributed by atoms with E-state index in [4.69, 9.17) is 9.47 Å². The van der Waals surface area contributed by atoms with Gasteiger partial charge >= 0.3 is 5.97 Å². The van der Waals surface area contributed by atoms with Gasteiger partial charge in [-0.15, -0.1) is 0 Å². The van der Waals surface area contributed by atoms with Gasteiger partial charge in [-0.3, -0.25) is 4.79 Å². The highest BCUT2D eigenvalue weighted by Gasteiger charge is 2.46. The minimum Gasteiger partial charge on any atom is -0.468 e. The molecule has 1 N–H and O–H groups in total. The molecule has 18 heavy (non-hydrogen) atoms. The third-order valence-corrected chi connectivity index (χ3v) is 4.06. The van der Waals surface area contributed by atoms with Gasteiger partial charge in [0.2, 0.25) is 0 Å². The molecule has 0 aromatic heterocycles. The van der Waals surface area contributed by atoms with Gasteiger partial charge in [-0.25, -0.2) is 0 Å². The van der Waals surface area contributed by atoms with Crippen molar-refractivity contribution in [2.45, 2.75) is 12.8 Å². The Labute approximate surface area is 109 Å². The van der Waals surface area contributed by atoms with Crippen LogP contribution < -0.4 is 5.32 Å². The maximum Gasteiger partial charge on any atom is 0.317 e. The van der Waals surface area contributed by atoms with Crippen molar-refractivity contribution in [3.05, 3.63) is 0 Å². The Hall–Kier alpha value is -0.650. The van der Waals surface area contributed by atoms with Gasteiger partial charge in [-0.05, 0) is 38.9 Å². The molecule has 1 atom stereocenters. The van der Waals surface area contributed by atoms with E-state index in [1.807, 2.05) is 0 Å². The topological polar surface area (TPSA) is 50.8 Å². The fourth-order valence-electron chi connectivity index (χ4n) is 2.75. The quantitative estimate of drug-likeness (QED) is 0.540. The van der Waals surface area contributed by atoms with E-state index in [1.165, 1.54) is 33.0 Å². The van der Waals surface area contributed by atoms with Gasteiger partial charge in [-0.1, -0.05) is 0 Å². The van der Waals surface area contributed by atoms with E-state index in [1.54, 1.807) is 0 Å². The van der Waals surface area contributed by atoms with Crippen LogP contribution in [0.4, 0.5) is 0 Å². The summed E-state index contributed by atoms with van der Waals surface area (Å²) >= 11 is 0. The Morgan fingerprint density at radius 3 is 2.83 bits per heavy atom. The molecule has 2 fully saturated rings. The fourth-order valence-corrected chi connectivity index (χ4v) is 2.75. The maximum atomic E-state index is 11.7. The molecule has 0 aliphatic carbocycles. The molecular weight excluding hydrogens is 232 g/mol. The van der Waals surface area contributed by atoms with Crippen LogP contribution in [0.5, 0.6) is 0 Å². The minimum absolute atomic E-state index is 0.151. The van der Waals surface area contributed by atoms with Crippen LogP contribution in [-0.2, 0) is 14.3 Å². The number of rotatable bonds is 6. The van der Waals surface area contributed by atoms with Crippen LogP contribution in [0.15, 0.2) is 0 Å². The molecule has 0 saturated carbocycles. The van der Waals surface area contributed by atoms with Gasteiger partial charge in [0.15, 0.2) is 0 Å². The number of nitrogens with zero attached hydrogens (tertiary/aromatic N) is 1. The van der Waals surface area contributed by atoms with Crippen LogP contribution in [0, 0.1) is 11.3 Å². The lowest BCUT2D eigenvalue weighted by Crippen LogP contribution is -2.55. The van der Waals surface area contributed by atoms with Crippen molar-refractivity contribution < 1.29 is 14.3 Å². The normalized spacial score (nSPS) is 26.9. The zero-order valence-corrected chi connectivity index (χ0v) is 11.4. The zero-order chi connectivity index (χ0) is 13.0. The zero-order valence-electron chi connectivity index (χ0n) is 11.4. The van der Waals surface area contributed by atoms with Crippen LogP contribution in [-0.4, -0.2) is 64.4 Å². The predicted molar refractivity (Wildman–Crippen MR) is 68.4 cm³/mol. The molecule has 2 heterocycles. The number of methoxy groups -OCH3 is 1. The molecule has 2 saturated heterocycles. The monoisotopic (exact) mass is 256 g/mol. The average molecular weight is 256 g/mol. The molecule has 0 spiro atoms. The third kappa shape index (κ3) is 3.02. The lowest BCUT2D eigenvalue weighted by Gasteiger charge is -2.38. The van der Waals surface area contributed by atoms with Crippen LogP contribution >= 0.6 is 0 Å². The third-order valence-electron chi connectivity index (χ3n) is 4.06. The molecule has 5 heteroatoms. The molecule has 1 unspecified atom stereocenters. The fraction of sp³-hybridized carbons (Fsp3) is 0.923. The summed E-state index contributed by atoms with van der Waals surface area (Å²) in [7, 11) is 3.61. The average Bonchev–Trinajstić information content (AvgIpc) is 2.72. The summed E-state index contributed by atoms with van der Waals surface area (Å²) in [4.78, 5) is 14.0. The van der Waals surface area contributed by atoms with Gasteiger partial charge in [0.05, 0.1) is 20.3 Å². The second kappa shape index (κ2) is 5.99. The lowest BCUT2D eigenvalue weighted by molar-refractivity contribution is -0.182. The number of ether oxygens (including phenoxy) is 2. The van der Waals surface area contributed by atoms with E-state index in [9.17, 15) is 4.79 Å². The molecule has 2 aliphatic rings. The molecule has 0 aromatic carbocycles. The Balaban J connectivity index is 1.64. The molecule has 2 rings (SSSR count). The molecule has 5 nitrogen and oxygen atoms in total. The highest BCUT2D eigenvalue weighted by atomic mass is 16.5. The number of nitrogens with one attached hydrogen (secondary N) is 1. The van der Waals surface area contributed by atoms with Gasteiger partial charge in [-0.2, -0.15) is 0 Å². The second-order valence-electron chi connectivity index (χ2n) is 5.65. The first-order valence-corrected chi connectivity index (χ1v) is 6.72. The van der Waals surface area contributed by atoms with Crippen molar-refractivity contribution in [3.63, 3.8) is 0 Å². The van der Waals surface area contributed by atoms with Gasteiger partial charge < -0.3 is 19.7 Å². The minimum atomic E-state index is -0.429. The van der Waals surface area contributed by atoms with Crippen molar-refractivity contribution in [3.8, 4) is 0 Å². The summed E-state index contributed by atoms with van der Waals surface area (Å²) in [6.07, 6.45) is 2.48. The molecule has 0 amide bonds. The van der Waals surface area contributed by atoms with E-state index in [-0.39, 0.29) is 5.97 Å². The summed E-state index contributed by atoms with van der Waals surface area (Å²) in [5, 5.41) is 3.39. The number of carbonyl (C=O) groups is 1. The van der Waals surface area contributed by atoms with Crippen molar-refractivity contribution in [1.82, 2.24) is 10.2 Å². The Kier molecular flexibility index (Phi) is 4.59. The van der Waals surface area contributed by atoms with E-state index < -0.39 is 5.41 Å². The Morgan fingerprint density at radius 2 is 2.33 bits per heavy atom. The van der Waals surface area contributed by atoms with Crippen molar-refractivity contribution in [1.29, 1.82) is 0 Å². The van der Waals surface area contributed by atoms with Crippen molar-refractivity contribution in [2.24, 2.45) is 11.3 Å². The van der Waals surface area contributed by atoms with Crippen LogP contribution in [0.3, 0.4) is 0 Å². The summed E-state index contributed by atoms with van der Waals surface area (Å²) < 4.78 is 9.99. The number of hydrogen-bond donors (Lipinski definition) is 1. The summed E-state index contributed by atoms with van der Waals surface area (Å²) in [5.74, 6) is 0.649. The molecule has 0 bridgehead atoms. The molecule has 0 radical (unpaired) electrons. The van der Waals surface area contributed by atoms with E-state index in [0.717, 1.165) is 12.5 Å². The van der Waals surface area contributed by atoms with E-state index >= 15 is 0 Å². The van der Waals surface area contributed by atoms with Crippen molar-refractivity contribution >= 4 is 5.97 Å². The molecule has 0 aromatic rings. The molecule has 104 valence electrons. The second-order valence-corrected chi connectivity index (χ2v) is 5.65. The Bertz CT molecular complexity index is 292. The molecular formula is C13H24N2O3. The van der Waals surface area contributed by atoms with E-state index in [0.29, 0.717) is 19.8 Å². The first kappa shape index (κ1) is 13.8. The largest absolute Gasteiger partial charge is 0.468 e. The predicted octanol–water partition coefficient (Wildman–Crippen LogP) is 0.107. The number of esters is 1. The lowest BCUT2D eigenvalue weighted by atomic mass is 9.86. The van der Waals surface area contributed by atoms with Gasteiger partial charge in [0.25, 0.3) is 0 Å². The maximum absolute atomic E-state index is 11.7. The van der Waals surface area contributed by atoms with Crippen LogP contribution in [0.1, 0.15) is 12.8 Å².